The molecule has 3 nitrogen and oxygen atoms in total. The summed E-state index contributed by atoms with van der Waals surface area (Å²) < 4.78 is 0. The predicted octanol–water partition coefficient (Wildman–Crippen LogP) is 1.61. The molecule has 0 radical (unpaired) electrons. The zero-order valence-corrected chi connectivity index (χ0v) is 9.10. The Balaban J connectivity index is 2.33. The van der Waals surface area contributed by atoms with Gasteiger partial charge in [0, 0.05) is 18.3 Å². The van der Waals surface area contributed by atoms with Crippen LogP contribution < -0.4 is 5.73 Å². The molecule has 13 heavy (non-hydrogen) atoms. The third-order valence-corrected chi connectivity index (χ3v) is 2.87. The summed E-state index contributed by atoms with van der Waals surface area (Å²) in [7, 11) is 0. The third kappa shape index (κ3) is 3.32. The molecule has 0 aliphatic carbocycles. The third-order valence-electron chi connectivity index (χ3n) is 2.15. The average molecular weight is 199 g/mol. The summed E-state index contributed by atoms with van der Waals surface area (Å²) in [5, 5.41) is 2.72. The van der Waals surface area contributed by atoms with Gasteiger partial charge in [-0.25, -0.2) is 4.98 Å². The molecule has 0 aliphatic rings. The second kappa shape index (κ2) is 5.19. The molecule has 0 bridgehead atoms. The van der Waals surface area contributed by atoms with E-state index in [1.807, 2.05) is 5.38 Å². The van der Waals surface area contributed by atoms with Gasteiger partial charge in [-0.3, -0.25) is 0 Å². The molecule has 0 atom stereocenters. The second-order valence-corrected chi connectivity index (χ2v) is 3.84. The van der Waals surface area contributed by atoms with Crippen LogP contribution in [0.1, 0.15) is 19.5 Å². The first-order valence-electron chi connectivity index (χ1n) is 4.68. The Morgan fingerprint density at radius 3 is 2.62 bits per heavy atom. The van der Waals surface area contributed by atoms with Crippen LogP contribution in [0.5, 0.6) is 0 Å². The fourth-order valence-electron chi connectivity index (χ4n) is 1.25. The Morgan fingerprint density at radius 2 is 2.15 bits per heavy atom. The summed E-state index contributed by atoms with van der Waals surface area (Å²) in [6.07, 6.45) is 1.01. The Kier molecular flexibility index (Phi) is 4.18. The van der Waals surface area contributed by atoms with E-state index in [9.17, 15) is 0 Å². The molecule has 1 rings (SSSR count). The van der Waals surface area contributed by atoms with Crippen molar-refractivity contribution in [1.29, 1.82) is 0 Å². The van der Waals surface area contributed by atoms with Crippen molar-refractivity contribution in [3.05, 3.63) is 11.1 Å². The van der Waals surface area contributed by atoms with E-state index in [-0.39, 0.29) is 0 Å². The maximum atomic E-state index is 5.54. The number of aromatic nitrogens is 1. The number of rotatable bonds is 5. The highest BCUT2D eigenvalue weighted by molar-refractivity contribution is 7.13. The lowest BCUT2D eigenvalue weighted by atomic mass is 10.3. The van der Waals surface area contributed by atoms with Gasteiger partial charge in [-0.05, 0) is 13.1 Å². The molecule has 0 spiro atoms. The van der Waals surface area contributed by atoms with Crippen molar-refractivity contribution in [2.45, 2.75) is 20.3 Å². The van der Waals surface area contributed by atoms with E-state index in [0.29, 0.717) is 5.13 Å². The van der Waals surface area contributed by atoms with E-state index in [4.69, 9.17) is 5.73 Å². The molecular formula is C9H17N3S. The molecule has 1 heterocycles. The van der Waals surface area contributed by atoms with Crippen LogP contribution in [0.25, 0.3) is 0 Å². The van der Waals surface area contributed by atoms with Crippen LogP contribution >= 0.6 is 11.3 Å². The van der Waals surface area contributed by atoms with E-state index < -0.39 is 0 Å². The van der Waals surface area contributed by atoms with Gasteiger partial charge in [-0.2, -0.15) is 0 Å². The van der Waals surface area contributed by atoms with E-state index in [1.165, 1.54) is 11.3 Å². The molecular weight excluding hydrogens is 182 g/mol. The zero-order chi connectivity index (χ0) is 9.68. The zero-order valence-electron chi connectivity index (χ0n) is 8.29. The van der Waals surface area contributed by atoms with Crippen molar-refractivity contribution in [3.8, 4) is 0 Å². The van der Waals surface area contributed by atoms with Crippen LogP contribution in [0.4, 0.5) is 5.13 Å². The lowest BCUT2D eigenvalue weighted by molar-refractivity contribution is 0.307. The average Bonchev–Trinajstić information content (AvgIpc) is 2.53. The van der Waals surface area contributed by atoms with Crippen molar-refractivity contribution in [2.75, 3.05) is 25.4 Å². The number of likely N-dealkylation sites (N-methyl/N-ethyl adjacent to an activating group) is 1. The van der Waals surface area contributed by atoms with Gasteiger partial charge < -0.3 is 10.6 Å². The Hall–Kier alpha value is -0.610. The molecule has 1 aromatic rings. The summed E-state index contributed by atoms with van der Waals surface area (Å²) in [6, 6.07) is 0. The standard InChI is InChI=1S/C9H17N3S/c1-3-12(4-2)6-5-8-7-13-9(10)11-8/h7H,3-6H2,1-2H3,(H2,10,11). The normalized spacial score (nSPS) is 11.0. The van der Waals surface area contributed by atoms with Crippen molar-refractivity contribution < 1.29 is 0 Å². The van der Waals surface area contributed by atoms with Crippen LogP contribution in [0.2, 0.25) is 0 Å². The number of thiazole rings is 1. The first-order chi connectivity index (χ1) is 6.26. The van der Waals surface area contributed by atoms with Gasteiger partial charge in [0.1, 0.15) is 0 Å². The number of hydrogen-bond donors (Lipinski definition) is 1. The van der Waals surface area contributed by atoms with Gasteiger partial charge in [0.15, 0.2) is 5.13 Å². The minimum absolute atomic E-state index is 0.676. The predicted molar refractivity (Wildman–Crippen MR) is 58.0 cm³/mol. The van der Waals surface area contributed by atoms with Gasteiger partial charge in [-0.1, -0.05) is 13.8 Å². The number of nitrogens with zero attached hydrogens (tertiary/aromatic N) is 2. The Morgan fingerprint density at radius 1 is 1.46 bits per heavy atom. The molecule has 0 aromatic carbocycles. The van der Waals surface area contributed by atoms with Crippen molar-refractivity contribution in [2.24, 2.45) is 0 Å². The number of nitrogen functional groups attached to an aromatic ring is 1. The lowest BCUT2D eigenvalue weighted by Crippen LogP contribution is -2.25. The first-order valence-corrected chi connectivity index (χ1v) is 5.56. The van der Waals surface area contributed by atoms with Crippen molar-refractivity contribution in [3.63, 3.8) is 0 Å². The molecule has 0 saturated heterocycles. The highest BCUT2D eigenvalue weighted by Crippen LogP contribution is 2.11. The highest BCUT2D eigenvalue weighted by atomic mass is 32.1. The topological polar surface area (TPSA) is 42.1 Å². The van der Waals surface area contributed by atoms with Gasteiger partial charge in [0.05, 0.1) is 5.69 Å². The summed E-state index contributed by atoms with van der Waals surface area (Å²) in [5.41, 5.74) is 6.66. The molecule has 0 fully saturated rings. The van der Waals surface area contributed by atoms with Gasteiger partial charge in [0.25, 0.3) is 0 Å². The minimum atomic E-state index is 0.676. The fraction of sp³-hybridized carbons (Fsp3) is 0.667. The van der Waals surface area contributed by atoms with Crippen LogP contribution in [-0.2, 0) is 6.42 Å². The SMILES string of the molecule is CCN(CC)CCc1csc(N)n1. The highest BCUT2D eigenvalue weighted by Gasteiger charge is 2.02. The quantitative estimate of drug-likeness (QED) is 0.783. The van der Waals surface area contributed by atoms with Crippen LogP contribution in [-0.4, -0.2) is 29.5 Å². The molecule has 0 saturated carbocycles. The summed E-state index contributed by atoms with van der Waals surface area (Å²) in [6.45, 7) is 7.65. The number of anilines is 1. The first kappa shape index (κ1) is 10.5. The van der Waals surface area contributed by atoms with E-state index in [0.717, 1.165) is 31.7 Å². The number of hydrogen-bond acceptors (Lipinski definition) is 4. The van der Waals surface area contributed by atoms with Crippen LogP contribution in [0, 0.1) is 0 Å². The molecule has 74 valence electrons. The van der Waals surface area contributed by atoms with Gasteiger partial charge in [-0.15, -0.1) is 11.3 Å². The maximum Gasteiger partial charge on any atom is 0.180 e. The fourth-order valence-corrected chi connectivity index (χ4v) is 1.85. The summed E-state index contributed by atoms with van der Waals surface area (Å²) in [5.74, 6) is 0. The van der Waals surface area contributed by atoms with Crippen molar-refractivity contribution >= 4 is 16.5 Å². The van der Waals surface area contributed by atoms with Crippen molar-refractivity contribution in [1.82, 2.24) is 9.88 Å². The van der Waals surface area contributed by atoms with E-state index in [2.05, 4.69) is 23.7 Å². The second-order valence-electron chi connectivity index (χ2n) is 2.95. The van der Waals surface area contributed by atoms with E-state index >= 15 is 0 Å². The summed E-state index contributed by atoms with van der Waals surface area (Å²) in [4.78, 5) is 6.61. The molecule has 0 amide bonds. The smallest absolute Gasteiger partial charge is 0.180 e. The lowest BCUT2D eigenvalue weighted by Gasteiger charge is -2.16. The molecule has 1 aromatic heterocycles. The minimum Gasteiger partial charge on any atom is -0.375 e. The van der Waals surface area contributed by atoms with E-state index in [1.54, 1.807) is 0 Å². The number of nitrogens with two attached hydrogens (primary N) is 1. The van der Waals surface area contributed by atoms with Gasteiger partial charge >= 0.3 is 0 Å². The maximum absolute atomic E-state index is 5.54. The Bertz CT molecular complexity index is 243. The molecule has 0 unspecified atom stereocenters. The van der Waals surface area contributed by atoms with Gasteiger partial charge in [0.2, 0.25) is 0 Å². The largest absolute Gasteiger partial charge is 0.375 e. The summed E-state index contributed by atoms with van der Waals surface area (Å²) >= 11 is 1.52. The van der Waals surface area contributed by atoms with Crippen LogP contribution in [0.15, 0.2) is 5.38 Å². The monoisotopic (exact) mass is 199 g/mol. The molecule has 4 heteroatoms. The molecule has 2 N–H and O–H groups in total. The molecule has 0 aliphatic heterocycles. The van der Waals surface area contributed by atoms with Crippen LogP contribution in [0.3, 0.4) is 0 Å². The Labute approximate surface area is 83.6 Å².